The summed E-state index contributed by atoms with van der Waals surface area (Å²) < 4.78 is 21.2. The van der Waals surface area contributed by atoms with Gasteiger partial charge in [-0.05, 0) is 49.1 Å². The molecule has 26 heavy (non-hydrogen) atoms. The van der Waals surface area contributed by atoms with Gasteiger partial charge in [-0.1, -0.05) is 38.1 Å². The minimum Gasteiger partial charge on any atom is -0.498 e. The molecule has 0 bridgehead atoms. The zero-order valence-electron chi connectivity index (χ0n) is 17.3. The Morgan fingerprint density at radius 2 is 1.38 bits per heavy atom. The van der Waals surface area contributed by atoms with Crippen LogP contribution in [0.1, 0.15) is 45.7 Å². The van der Waals surface area contributed by atoms with Crippen molar-refractivity contribution in [1.82, 2.24) is 0 Å². The molecule has 4 heteroatoms. The molecule has 0 spiro atoms. The number of ether oxygens (including phenoxy) is 4. The van der Waals surface area contributed by atoms with Gasteiger partial charge in [0.15, 0.2) is 0 Å². The monoisotopic (exact) mass is 364 g/mol. The van der Waals surface area contributed by atoms with E-state index in [2.05, 4.69) is 51.1 Å². The van der Waals surface area contributed by atoms with E-state index in [9.17, 15) is 0 Å². The summed E-state index contributed by atoms with van der Waals surface area (Å²) in [6.07, 6.45) is 3.91. The number of hydrogen-bond acceptors (Lipinski definition) is 4. The van der Waals surface area contributed by atoms with E-state index in [1.54, 1.807) is 13.4 Å². The van der Waals surface area contributed by atoms with Crippen LogP contribution in [0, 0.1) is 0 Å². The van der Waals surface area contributed by atoms with Crippen LogP contribution >= 0.6 is 0 Å². The average molecular weight is 365 g/mol. The Hall–Kier alpha value is -1.62. The molecule has 0 aliphatic carbocycles. The van der Waals surface area contributed by atoms with Gasteiger partial charge in [-0.15, -0.1) is 0 Å². The Balaban J connectivity index is 0.00000301. The Bertz CT molecular complexity index is 521. The van der Waals surface area contributed by atoms with Crippen molar-refractivity contribution in [3.63, 3.8) is 0 Å². The van der Waals surface area contributed by atoms with Crippen LogP contribution in [-0.2, 0) is 18.9 Å². The highest BCUT2D eigenvalue weighted by molar-refractivity contribution is 5.70. The number of allylic oxidation sites excluding steroid dienone is 3. The molecule has 0 radical (unpaired) electrons. The molecule has 1 aromatic carbocycles. The fourth-order valence-corrected chi connectivity index (χ4v) is 2.00. The fourth-order valence-electron chi connectivity index (χ4n) is 2.00. The predicted octanol–water partition coefficient (Wildman–Crippen LogP) is 5.19. The molecule has 0 atom stereocenters. The third-order valence-electron chi connectivity index (χ3n) is 3.62. The smallest absolute Gasteiger partial charge is 0.111 e. The van der Waals surface area contributed by atoms with Gasteiger partial charge >= 0.3 is 0 Å². The van der Waals surface area contributed by atoms with Crippen molar-refractivity contribution in [2.45, 2.75) is 34.6 Å². The third-order valence-corrected chi connectivity index (χ3v) is 3.62. The van der Waals surface area contributed by atoms with Crippen LogP contribution in [0.2, 0.25) is 0 Å². The molecule has 0 aliphatic heterocycles. The largest absolute Gasteiger partial charge is 0.498 e. The first-order valence-electron chi connectivity index (χ1n) is 9.35. The first-order valence-corrected chi connectivity index (χ1v) is 9.35. The van der Waals surface area contributed by atoms with Gasteiger partial charge in [-0.2, -0.15) is 0 Å². The quantitative estimate of drug-likeness (QED) is 0.378. The Labute approximate surface area is 159 Å². The third kappa shape index (κ3) is 11.1. The molecule has 0 saturated heterocycles. The Kier molecular flexibility index (Phi) is 15.8. The first kappa shape index (κ1) is 24.4. The van der Waals surface area contributed by atoms with Gasteiger partial charge < -0.3 is 18.9 Å². The Morgan fingerprint density at radius 1 is 0.846 bits per heavy atom. The van der Waals surface area contributed by atoms with Crippen molar-refractivity contribution in [1.29, 1.82) is 0 Å². The van der Waals surface area contributed by atoms with Crippen LogP contribution in [0.15, 0.2) is 36.6 Å². The van der Waals surface area contributed by atoms with Gasteiger partial charge in [0.25, 0.3) is 0 Å². The summed E-state index contributed by atoms with van der Waals surface area (Å²) in [5.41, 5.74) is 4.77. The Morgan fingerprint density at radius 3 is 1.96 bits per heavy atom. The predicted molar refractivity (Wildman–Crippen MR) is 110 cm³/mol. The average Bonchev–Trinajstić information content (AvgIpc) is 2.70. The maximum atomic E-state index is 5.56. The van der Waals surface area contributed by atoms with E-state index in [0.29, 0.717) is 39.6 Å². The summed E-state index contributed by atoms with van der Waals surface area (Å²) in [6, 6.07) is 8.46. The van der Waals surface area contributed by atoms with Gasteiger partial charge in [-0.3, -0.25) is 0 Å². The molecule has 0 aliphatic rings. The van der Waals surface area contributed by atoms with Crippen molar-refractivity contribution in [2.24, 2.45) is 0 Å². The second-order valence-corrected chi connectivity index (χ2v) is 5.44. The highest BCUT2D eigenvalue weighted by Gasteiger charge is 2.00. The number of hydrogen-bond donors (Lipinski definition) is 0. The summed E-state index contributed by atoms with van der Waals surface area (Å²) >= 11 is 0. The van der Waals surface area contributed by atoms with Crippen molar-refractivity contribution >= 4 is 11.1 Å². The molecule has 0 heterocycles. The van der Waals surface area contributed by atoms with Gasteiger partial charge in [0.1, 0.15) is 6.61 Å². The van der Waals surface area contributed by atoms with E-state index < -0.39 is 0 Å². The van der Waals surface area contributed by atoms with E-state index in [1.165, 1.54) is 16.7 Å². The van der Waals surface area contributed by atoms with Crippen molar-refractivity contribution in [2.75, 3.05) is 46.8 Å². The summed E-state index contributed by atoms with van der Waals surface area (Å²) in [5, 5.41) is 0. The molecule has 1 aromatic rings. The first-order chi connectivity index (χ1) is 12.7. The molecule has 1 rings (SSSR count). The molecule has 0 unspecified atom stereocenters. The lowest BCUT2D eigenvalue weighted by atomic mass is 10.0. The summed E-state index contributed by atoms with van der Waals surface area (Å²) in [5.74, 6) is 0. The molecular formula is C22H36O4. The molecule has 148 valence electrons. The SMILES string of the molecule is C/C=C(\C)c1cccc(/C(C)=C/OCCOCCOCCOC)c1.CC. The molecule has 0 aromatic heterocycles. The molecule has 4 nitrogen and oxygen atoms in total. The maximum absolute atomic E-state index is 5.56. The summed E-state index contributed by atoms with van der Waals surface area (Å²) in [4.78, 5) is 0. The lowest BCUT2D eigenvalue weighted by molar-refractivity contribution is 0.0144. The normalized spacial score (nSPS) is 11.8. The summed E-state index contributed by atoms with van der Waals surface area (Å²) in [6.45, 7) is 13.7. The fraction of sp³-hybridized carbons (Fsp3) is 0.545. The van der Waals surface area contributed by atoms with Crippen molar-refractivity contribution < 1.29 is 18.9 Å². The van der Waals surface area contributed by atoms with Crippen molar-refractivity contribution in [3.8, 4) is 0 Å². The van der Waals surface area contributed by atoms with Crippen LogP contribution in [0.5, 0.6) is 0 Å². The minimum absolute atomic E-state index is 0.531. The van der Waals surface area contributed by atoms with Crippen LogP contribution in [0.4, 0.5) is 0 Å². The van der Waals surface area contributed by atoms with Gasteiger partial charge in [0.2, 0.25) is 0 Å². The summed E-state index contributed by atoms with van der Waals surface area (Å²) in [7, 11) is 1.66. The minimum atomic E-state index is 0.531. The van der Waals surface area contributed by atoms with Crippen LogP contribution in [-0.4, -0.2) is 46.8 Å². The number of benzene rings is 1. The van der Waals surface area contributed by atoms with E-state index in [-0.39, 0.29) is 0 Å². The number of methoxy groups -OCH3 is 1. The molecular weight excluding hydrogens is 328 g/mol. The molecule has 0 saturated carbocycles. The van der Waals surface area contributed by atoms with Crippen LogP contribution < -0.4 is 0 Å². The van der Waals surface area contributed by atoms with E-state index in [0.717, 1.165) is 5.57 Å². The van der Waals surface area contributed by atoms with Gasteiger partial charge in [0, 0.05) is 7.11 Å². The zero-order valence-corrected chi connectivity index (χ0v) is 17.3. The van der Waals surface area contributed by atoms with Crippen LogP contribution in [0.25, 0.3) is 11.1 Å². The standard InChI is InChI=1S/C20H30O4.C2H6/c1-5-17(2)19-7-6-8-20(15-19)18(3)16-24-14-13-23-12-11-22-10-9-21-4;1-2/h5-8,15-16H,9-14H2,1-4H3;1-2H3/b17-5+,18-16+;. The molecule has 0 N–H and O–H groups in total. The van der Waals surface area contributed by atoms with E-state index in [4.69, 9.17) is 18.9 Å². The second-order valence-electron chi connectivity index (χ2n) is 5.44. The molecule has 0 fully saturated rings. The van der Waals surface area contributed by atoms with Crippen molar-refractivity contribution in [3.05, 3.63) is 47.7 Å². The van der Waals surface area contributed by atoms with Gasteiger partial charge in [-0.25, -0.2) is 0 Å². The second kappa shape index (κ2) is 16.8. The lowest BCUT2D eigenvalue weighted by Gasteiger charge is -2.08. The topological polar surface area (TPSA) is 36.9 Å². The maximum Gasteiger partial charge on any atom is 0.111 e. The zero-order chi connectivity index (χ0) is 19.6. The van der Waals surface area contributed by atoms with E-state index in [1.807, 2.05) is 13.8 Å². The molecule has 0 amide bonds. The lowest BCUT2D eigenvalue weighted by Crippen LogP contribution is -2.10. The number of rotatable bonds is 12. The van der Waals surface area contributed by atoms with E-state index >= 15 is 0 Å². The van der Waals surface area contributed by atoms with Gasteiger partial charge in [0.05, 0.1) is 39.3 Å². The van der Waals surface area contributed by atoms with Crippen LogP contribution in [0.3, 0.4) is 0 Å². The highest BCUT2D eigenvalue weighted by atomic mass is 16.5. The highest BCUT2D eigenvalue weighted by Crippen LogP contribution is 2.20.